The minimum Gasteiger partial charge on any atom is -0.495 e. The van der Waals surface area contributed by atoms with Crippen LogP contribution in [0, 0.1) is 17.2 Å². The molecule has 0 spiro atoms. The first-order chi connectivity index (χ1) is 14.2. The number of nitrogens with one attached hydrogen (secondary N) is 4. The van der Waals surface area contributed by atoms with E-state index in [0.717, 1.165) is 30.4 Å². The van der Waals surface area contributed by atoms with Crippen molar-refractivity contribution < 1.29 is 9.47 Å². The molecule has 29 heavy (non-hydrogen) atoms. The van der Waals surface area contributed by atoms with Crippen molar-refractivity contribution in [3.63, 3.8) is 0 Å². The molecule has 4 N–H and O–H groups in total. The van der Waals surface area contributed by atoms with Crippen LogP contribution in [-0.2, 0) is 9.47 Å². The van der Waals surface area contributed by atoms with E-state index in [9.17, 15) is 0 Å². The van der Waals surface area contributed by atoms with E-state index in [0.29, 0.717) is 23.4 Å². The van der Waals surface area contributed by atoms with Crippen molar-refractivity contribution in [1.29, 1.82) is 5.41 Å². The van der Waals surface area contributed by atoms with Crippen LogP contribution in [0.2, 0.25) is 0 Å². The number of hydrogen-bond donors (Lipinski definition) is 4. The van der Waals surface area contributed by atoms with Gasteiger partial charge in [-0.05, 0) is 75.9 Å². The summed E-state index contributed by atoms with van der Waals surface area (Å²) in [4.78, 5) is 0. The van der Waals surface area contributed by atoms with Crippen LogP contribution in [0.15, 0.2) is 35.4 Å². The zero-order chi connectivity index (χ0) is 20.5. The van der Waals surface area contributed by atoms with Crippen LogP contribution in [0.5, 0.6) is 0 Å². The number of rotatable bonds is 9. The van der Waals surface area contributed by atoms with E-state index in [4.69, 9.17) is 14.9 Å². The van der Waals surface area contributed by atoms with Gasteiger partial charge in [-0.3, -0.25) is 0 Å². The molecule has 0 atom stereocenters. The fourth-order valence-electron chi connectivity index (χ4n) is 4.45. The van der Waals surface area contributed by atoms with E-state index in [2.05, 4.69) is 16.0 Å². The lowest BCUT2D eigenvalue weighted by Crippen LogP contribution is -2.32. The van der Waals surface area contributed by atoms with E-state index >= 15 is 0 Å². The molecule has 0 bridgehead atoms. The van der Waals surface area contributed by atoms with E-state index in [1.807, 2.05) is 19.3 Å². The molecule has 162 valence electrons. The summed E-state index contributed by atoms with van der Waals surface area (Å²) >= 11 is 0. The molecule has 1 aliphatic heterocycles. The first kappa shape index (κ1) is 21.9. The molecule has 3 aliphatic rings. The SMILES string of the molecule is CNC1=C/C(=C/NC2CCC(COCCC3CCNCC3)CC2)C(=N)C=C1OC. The standard InChI is InChI=1S/C23H38N4O2/c1-25-22-13-19(21(24)14-23(22)28-2)15-27-20-5-3-18(4-6-20)16-29-12-9-17-7-10-26-11-8-17/h13-15,17-18,20,24-27H,3-12,16H2,1-2H3/b19-15-,24-21?. The molecule has 0 aromatic rings. The van der Waals surface area contributed by atoms with Gasteiger partial charge in [0, 0.05) is 44.2 Å². The Balaban J connectivity index is 1.34. The largest absolute Gasteiger partial charge is 0.495 e. The lowest BCUT2D eigenvalue weighted by molar-refractivity contribution is 0.0701. The number of methoxy groups -OCH3 is 1. The van der Waals surface area contributed by atoms with Gasteiger partial charge in [0.25, 0.3) is 0 Å². The Hall–Kier alpha value is -1.79. The van der Waals surface area contributed by atoms with Crippen molar-refractivity contribution in [2.24, 2.45) is 11.8 Å². The van der Waals surface area contributed by atoms with Crippen LogP contribution < -0.4 is 16.0 Å². The van der Waals surface area contributed by atoms with Crippen molar-refractivity contribution in [3.8, 4) is 0 Å². The first-order valence-corrected chi connectivity index (χ1v) is 11.2. The Labute approximate surface area is 175 Å². The molecule has 2 fully saturated rings. The topological polar surface area (TPSA) is 78.4 Å². The Bertz CT molecular complexity index is 627. The van der Waals surface area contributed by atoms with Gasteiger partial charge >= 0.3 is 0 Å². The Morgan fingerprint density at radius 2 is 1.86 bits per heavy atom. The summed E-state index contributed by atoms with van der Waals surface area (Å²) < 4.78 is 11.3. The predicted octanol–water partition coefficient (Wildman–Crippen LogP) is 3.09. The van der Waals surface area contributed by atoms with Crippen LogP contribution in [-0.4, -0.2) is 52.2 Å². The summed E-state index contributed by atoms with van der Waals surface area (Å²) in [5.74, 6) is 2.26. The van der Waals surface area contributed by atoms with Gasteiger partial charge in [-0.25, -0.2) is 0 Å². The maximum atomic E-state index is 8.21. The molecule has 6 heteroatoms. The van der Waals surface area contributed by atoms with Crippen LogP contribution in [0.4, 0.5) is 0 Å². The van der Waals surface area contributed by atoms with Gasteiger partial charge < -0.3 is 30.8 Å². The number of piperidine rings is 1. The first-order valence-electron chi connectivity index (χ1n) is 11.2. The monoisotopic (exact) mass is 402 g/mol. The van der Waals surface area contributed by atoms with Crippen molar-refractivity contribution in [2.45, 2.75) is 51.0 Å². The highest BCUT2D eigenvalue weighted by molar-refractivity contribution is 6.10. The minimum absolute atomic E-state index is 0.476. The van der Waals surface area contributed by atoms with Crippen LogP contribution in [0.3, 0.4) is 0 Å². The smallest absolute Gasteiger partial charge is 0.144 e. The van der Waals surface area contributed by atoms with Gasteiger partial charge in [0.2, 0.25) is 0 Å². The maximum Gasteiger partial charge on any atom is 0.144 e. The number of ether oxygens (including phenoxy) is 2. The van der Waals surface area contributed by atoms with Gasteiger partial charge in [-0.1, -0.05) is 0 Å². The Morgan fingerprint density at radius 1 is 1.10 bits per heavy atom. The highest BCUT2D eigenvalue weighted by Gasteiger charge is 2.21. The van der Waals surface area contributed by atoms with Gasteiger partial charge in [0.05, 0.1) is 18.5 Å². The van der Waals surface area contributed by atoms with Gasteiger partial charge in [0.15, 0.2) is 0 Å². The van der Waals surface area contributed by atoms with Gasteiger partial charge in [-0.15, -0.1) is 0 Å². The van der Waals surface area contributed by atoms with E-state index in [1.54, 1.807) is 13.2 Å². The molecule has 2 aliphatic carbocycles. The van der Waals surface area contributed by atoms with Crippen LogP contribution in [0.1, 0.15) is 44.9 Å². The second kappa shape index (κ2) is 11.4. The Kier molecular flexibility index (Phi) is 8.62. The highest BCUT2D eigenvalue weighted by atomic mass is 16.5. The molecular weight excluding hydrogens is 364 g/mol. The fourth-order valence-corrected chi connectivity index (χ4v) is 4.45. The lowest BCUT2D eigenvalue weighted by Gasteiger charge is -2.29. The molecule has 3 rings (SSSR count). The highest BCUT2D eigenvalue weighted by Crippen LogP contribution is 2.26. The molecule has 0 radical (unpaired) electrons. The normalized spacial score (nSPS) is 27.4. The van der Waals surface area contributed by atoms with Gasteiger partial charge in [0.1, 0.15) is 5.76 Å². The van der Waals surface area contributed by atoms with E-state index in [1.165, 1.54) is 58.0 Å². The van der Waals surface area contributed by atoms with Crippen LogP contribution in [0.25, 0.3) is 0 Å². The molecule has 1 saturated carbocycles. The van der Waals surface area contributed by atoms with E-state index < -0.39 is 0 Å². The predicted molar refractivity (Wildman–Crippen MR) is 118 cm³/mol. The van der Waals surface area contributed by atoms with Crippen molar-refractivity contribution in [2.75, 3.05) is 40.5 Å². The van der Waals surface area contributed by atoms with Crippen LogP contribution >= 0.6 is 0 Å². The third kappa shape index (κ3) is 6.61. The quantitative estimate of drug-likeness (QED) is 0.446. The summed E-state index contributed by atoms with van der Waals surface area (Å²) in [5.41, 5.74) is 2.27. The summed E-state index contributed by atoms with van der Waals surface area (Å²) in [7, 11) is 3.50. The second-order valence-corrected chi connectivity index (χ2v) is 8.48. The van der Waals surface area contributed by atoms with Crippen molar-refractivity contribution in [3.05, 3.63) is 35.4 Å². The summed E-state index contributed by atoms with van der Waals surface area (Å²) in [6, 6.07) is 0.487. The second-order valence-electron chi connectivity index (χ2n) is 8.48. The molecule has 1 saturated heterocycles. The van der Waals surface area contributed by atoms with Gasteiger partial charge in [-0.2, -0.15) is 0 Å². The molecule has 0 aromatic carbocycles. The lowest BCUT2D eigenvalue weighted by atomic mass is 9.86. The fraction of sp³-hybridized carbons (Fsp3) is 0.696. The molecular formula is C23H38N4O2. The van der Waals surface area contributed by atoms with Crippen molar-refractivity contribution >= 4 is 5.71 Å². The number of allylic oxidation sites excluding steroid dienone is 3. The molecule has 6 nitrogen and oxygen atoms in total. The summed E-state index contributed by atoms with van der Waals surface area (Å²) in [6.45, 7) is 4.19. The third-order valence-electron chi connectivity index (χ3n) is 6.44. The molecule has 0 unspecified atom stereocenters. The number of likely N-dealkylation sites (N-methyl/N-ethyl adjacent to an activating group) is 1. The summed E-state index contributed by atoms with van der Waals surface area (Å²) in [5, 5.41) is 18.3. The molecule has 0 aromatic heterocycles. The molecule has 1 heterocycles. The third-order valence-corrected chi connectivity index (χ3v) is 6.44. The zero-order valence-electron chi connectivity index (χ0n) is 18.1. The maximum absolute atomic E-state index is 8.21. The van der Waals surface area contributed by atoms with E-state index in [-0.39, 0.29) is 0 Å². The zero-order valence-corrected chi connectivity index (χ0v) is 18.1. The number of hydrogen-bond acceptors (Lipinski definition) is 6. The average Bonchev–Trinajstić information content (AvgIpc) is 2.77. The average molecular weight is 403 g/mol. The minimum atomic E-state index is 0.476. The molecule has 0 amide bonds. The Morgan fingerprint density at radius 3 is 2.55 bits per heavy atom. The van der Waals surface area contributed by atoms with Crippen molar-refractivity contribution in [1.82, 2.24) is 16.0 Å². The summed E-state index contributed by atoms with van der Waals surface area (Å²) in [6.07, 6.45) is 14.3.